The Labute approximate surface area is 261 Å². The van der Waals surface area contributed by atoms with Crippen LogP contribution in [0.2, 0.25) is 5.02 Å². The SMILES string of the molecule is CC(C)C[C@@H]1NC(=O)[C@H](Cc2ccc(Cl)cc2)NC(=O)[C@H](CC(C)C)NC(=O)[C@H](C(C)C)NC(=O)[C@H](CC(C)C)NC1=O. The number of amides is 5. The number of halogens is 1. The number of carbonyl (C=O) groups excluding carboxylic acids is 5. The van der Waals surface area contributed by atoms with E-state index in [4.69, 9.17) is 11.6 Å². The molecule has 0 aromatic heterocycles. The third-order valence-electron chi connectivity index (χ3n) is 7.25. The molecular weight excluding hydrogens is 570 g/mol. The van der Waals surface area contributed by atoms with Gasteiger partial charge >= 0.3 is 0 Å². The number of carbonyl (C=O) groups is 5. The monoisotopic (exact) mass is 619 g/mol. The summed E-state index contributed by atoms with van der Waals surface area (Å²) in [5.74, 6) is -2.73. The van der Waals surface area contributed by atoms with Crippen molar-refractivity contribution in [3.05, 3.63) is 34.9 Å². The van der Waals surface area contributed by atoms with Gasteiger partial charge in [0.25, 0.3) is 0 Å². The van der Waals surface area contributed by atoms with E-state index in [-0.39, 0.29) is 30.1 Å². The van der Waals surface area contributed by atoms with Gasteiger partial charge in [0.1, 0.15) is 30.2 Å². The zero-order valence-corrected chi connectivity index (χ0v) is 27.5. The van der Waals surface area contributed by atoms with Crippen molar-refractivity contribution >= 4 is 41.1 Å². The van der Waals surface area contributed by atoms with Gasteiger partial charge in [-0.1, -0.05) is 79.1 Å². The Bertz CT molecular complexity index is 1120. The van der Waals surface area contributed by atoms with Gasteiger partial charge in [0.05, 0.1) is 0 Å². The van der Waals surface area contributed by atoms with Crippen LogP contribution in [0.5, 0.6) is 0 Å². The van der Waals surface area contributed by atoms with Gasteiger partial charge in [-0.3, -0.25) is 24.0 Å². The summed E-state index contributed by atoms with van der Waals surface area (Å²) in [6, 6.07) is 2.13. The second-order valence-corrected chi connectivity index (χ2v) is 13.6. The average Bonchev–Trinajstić information content (AvgIpc) is 2.89. The quantitative estimate of drug-likeness (QED) is 0.288. The summed E-state index contributed by atoms with van der Waals surface area (Å²) in [7, 11) is 0. The number of benzene rings is 1. The van der Waals surface area contributed by atoms with Crippen molar-refractivity contribution in [1.29, 1.82) is 0 Å². The number of rotatable bonds is 9. The van der Waals surface area contributed by atoms with E-state index in [0.29, 0.717) is 24.3 Å². The molecule has 5 amide bonds. The summed E-state index contributed by atoms with van der Waals surface area (Å²) in [6.07, 6.45) is 1.11. The van der Waals surface area contributed by atoms with Gasteiger partial charge in [-0.2, -0.15) is 0 Å². The van der Waals surface area contributed by atoms with E-state index >= 15 is 0 Å². The van der Waals surface area contributed by atoms with Gasteiger partial charge < -0.3 is 26.6 Å². The minimum Gasteiger partial charge on any atom is -0.343 e. The second-order valence-electron chi connectivity index (χ2n) is 13.2. The maximum absolute atomic E-state index is 13.8. The number of hydrogen-bond acceptors (Lipinski definition) is 5. The van der Waals surface area contributed by atoms with Crippen LogP contribution >= 0.6 is 11.6 Å². The van der Waals surface area contributed by atoms with Gasteiger partial charge in [-0.15, -0.1) is 0 Å². The first kappa shape index (κ1) is 36.1. The average molecular weight is 620 g/mol. The van der Waals surface area contributed by atoms with E-state index in [1.165, 1.54) is 0 Å². The molecule has 0 aliphatic carbocycles. The molecular formula is C32H50ClN5O5. The zero-order chi connectivity index (χ0) is 32.4. The van der Waals surface area contributed by atoms with Crippen LogP contribution in [0.25, 0.3) is 0 Å². The first-order valence-electron chi connectivity index (χ1n) is 15.3. The standard InChI is InChI=1S/C32H50ClN5O5/c1-17(2)13-23-28(39)35-25(15-19(5)6)31(42)38-27(20(7)8)32(43)37-24(14-18(3)4)29(40)36-26(30(41)34-23)16-21-9-11-22(33)12-10-21/h9-12,17-20,23-27H,13-16H2,1-8H3,(H,34,41)(H,35,39)(H,36,40)(H,37,43)(H,38,42)/t23-,24-,25-,26-,27-/m0/s1. The molecule has 1 heterocycles. The Morgan fingerprint density at radius 1 is 0.535 bits per heavy atom. The molecule has 240 valence electrons. The molecule has 10 nitrogen and oxygen atoms in total. The highest BCUT2D eigenvalue weighted by atomic mass is 35.5. The van der Waals surface area contributed by atoms with Crippen LogP contribution in [0, 0.1) is 23.7 Å². The molecule has 1 aliphatic heterocycles. The molecule has 43 heavy (non-hydrogen) atoms. The molecule has 0 saturated carbocycles. The molecule has 1 aliphatic rings. The molecule has 0 bridgehead atoms. The van der Waals surface area contributed by atoms with Crippen molar-refractivity contribution in [3.8, 4) is 0 Å². The van der Waals surface area contributed by atoms with Crippen molar-refractivity contribution in [2.24, 2.45) is 23.7 Å². The van der Waals surface area contributed by atoms with E-state index in [1.54, 1.807) is 38.1 Å². The first-order chi connectivity index (χ1) is 20.1. The van der Waals surface area contributed by atoms with E-state index < -0.39 is 59.7 Å². The fourth-order valence-corrected chi connectivity index (χ4v) is 5.17. The Hall–Kier alpha value is -3.14. The lowest BCUT2D eigenvalue weighted by molar-refractivity contribution is -0.135. The molecule has 5 N–H and O–H groups in total. The summed E-state index contributed by atoms with van der Waals surface area (Å²) < 4.78 is 0. The Balaban J connectivity index is 2.60. The third-order valence-corrected chi connectivity index (χ3v) is 7.51. The third kappa shape index (κ3) is 11.8. The predicted octanol–water partition coefficient (Wildman–Crippen LogP) is 3.11. The van der Waals surface area contributed by atoms with E-state index in [0.717, 1.165) is 5.56 Å². The predicted molar refractivity (Wildman–Crippen MR) is 168 cm³/mol. The maximum Gasteiger partial charge on any atom is 0.243 e. The largest absolute Gasteiger partial charge is 0.343 e. The minimum atomic E-state index is -1.04. The summed E-state index contributed by atoms with van der Waals surface area (Å²) in [5.41, 5.74) is 0.753. The summed E-state index contributed by atoms with van der Waals surface area (Å²) in [5, 5.41) is 14.7. The molecule has 0 spiro atoms. The Morgan fingerprint density at radius 2 is 0.884 bits per heavy atom. The number of hydrogen-bond donors (Lipinski definition) is 5. The Kier molecular flexibility index (Phi) is 14.0. The van der Waals surface area contributed by atoms with Gasteiger partial charge in [-0.05, 0) is 60.6 Å². The van der Waals surface area contributed by atoms with E-state index in [1.807, 2.05) is 41.5 Å². The lowest BCUT2D eigenvalue weighted by Crippen LogP contribution is -2.59. The molecule has 1 aromatic rings. The van der Waals surface area contributed by atoms with Gasteiger partial charge in [0.15, 0.2) is 0 Å². The molecule has 11 heteroatoms. The topological polar surface area (TPSA) is 146 Å². The molecule has 2 rings (SSSR count). The Morgan fingerprint density at radius 3 is 1.28 bits per heavy atom. The smallest absolute Gasteiger partial charge is 0.243 e. The maximum atomic E-state index is 13.8. The van der Waals surface area contributed by atoms with Gasteiger partial charge in [-0.25, -0.2) is 0 Å². The van der Waals surface area contributed by atoms with Crippen LogP contribution in [-0.2, 0) is 30.4 Å². The molecule has 0 unspecified atom stereocenters. The highest BCUT2D eigenvalue weighted by Gasteiger charge is 2.36. The fourth-order valence-electron chi connectivity index (χ4n) is 5.04. The summed E-state index contributed by atoms with van der Waals surface area (Å²) in [4.78, 5) is 68.1. The molecule has 1 saturated heterocycles. The normalized spacial score (nSPS) is 24.7. The van der Waals surface area contributed by atoms with Crippen molar-refractivity contribution in [1.82, 2.24) is 26.6 Å². The lowest BCUT2D eigenvalue weighted by Gasteiger charge is -2.28. The molecule has 1 fully saturated rings. The number of nitrogens with one attached hydrogen (secondary N) is 5. The van der Waals surface area contributed by atoms with Crippen LogP contribution < -0.4 is 26.6 Å². The van der Waals surface area contributed by atoms with Crippen molar-refractivity contribution in [2.75, 3.05) is 0 Å². The molecule has 1 aromatic carbocycles. The second kappa shape index (κ2) is 16.6. The fraction of sp³-hybridized carbons (Fsp3) is 0.656. The van der Waals surface area contributed by atoms with Crippen molar-refractivity contribution in [2.45, 2.75) is 111 Å². The summed E-state index contributed by atoms with van der Waals surface area (Å²) >= 11 is 6.06. The highest BCUT2D eigenvalue weighted by Crippen LogP contribution is 2.15. The van der Waals surface area contributed by atoms with Crippen molar-refractivity contribution < 1.29 is 24.0 Å². The highest BCUT2D eigenvalue weighted by molar-refractivity contribution is 6.30. The van der Waals surface area contributed by atoms with Crippen LogP contribution in [0.3, 0.4) is 0 Å². The van der Waals surface area contributed by atoms with Crippen LogP contribution in [0.15, 0.2) is 24.3 Å². The van der Waals surface area contributed by atoms with Crippen LogP contribution in [0.1, 0.15) is 80.2 Å². The van der Waals surface area contributed by atoms with Crippen LogP contribution in [-0.4, -0.2) is 59.7 Å². The van der Waals surface area contributed by atoms with Gasteiger partial charge in [0.2, 0.25) is 29.5 Å². The minimum absolute atomic E-state index is 0.0430. The zero-order valence-electron chi connectivity index (χ0n) is 26.8. The molecule has 5 atom stereocenters. The van der Waals surface area contributed by atoms with Gasteiger partial charge in [0, 0.05) is 11.4 Å². The van der Waals surface area contributed by atoms with Crippen molar-refractivity contribution in [3.63, 3.8) is 0 Å². The van der Waals surface area contributed by atoms with Crippen LogP contribution in [0.4, 0.5) is 0 Å². The lowest BCUT2D eigenvalue weighted by atomic mass is 9.98. The summed E-state index contributed by atoms with van der Waals surface area (Å²) in [6.45, 7) is 15.2. The van der Waals surface area contributed by atoms with E-state index in [2.05, 4.69) is 26.6 Å². The van der Waals surface area contributed by atoms with E-state index in [9.17, 15) is 24.0 Å². The molecule has 0 radical (unpaired) electrons. The first-order valence-corrected chi connectivity index (χ1v) is 15.7.